The van der Waals surface area contributed by atoms with Crippen molar-refractivity contribution in [2.75, 3.05) is 0 Å². The molecule has 1 N–H and O–H groups in total. The van der Waals surface area contributed by atoms with Crippen LogP contribution < -0.4 is 4.74 Å². The lowest BCUT2D eigenvalue weighted by Crippen LogP contribution is -2.03. The Labute approximate surface area is 89.0 Å². The van der Waals surface area contributed by atoms with Gasteiger partial charge in [-0.1, -0.05) is 17.7 Å². The highest BCUT2D eigenvalue weighted by Gasteiger charge is 2.06. The van der Waals surface area contributed by atoms with E-state index < -0.39 is 5.97 Å². The van der Waals surface area contributed by atoms with Crippen molar-refractivity contribution in [1.82, 2.24) is 0 Å². The maximum atomic E-state index is 10.6. The Bertz CT molecular complexity index is 388. The van der Waals surface area contributed by atoms with Crippen molar-refractivity contribution in [2.24, 2.45) is 0 Å². The van der Waals surface area contributed by atoms with E-state index in [0.29, 0.717) is 11.5 Å². The lowest BCUT2D eigenvalue weighted by atomic mass is 10.2. The van der Waals surface area contributed by atoms with Gasteiger partial charge in [-0.2, -0.15) is 0 Å². The second-order valence-corrected chi connectivity index (χ2v) is 3.40. The standard InChI is InChI=1S/C12H14O3/c1-8-4-6-11(7-5-8)15-10(3)9(2)12(13)14/h4-7H,1-3H3,(H,13,14)/b10-9-. The predicted molar refractivity (Wildman–Crippen MR) is 57.8 cm³/mol. The number of aryl methyl sites for hydroxylation is 1. The van der Waals surface area contributed by atoms with Gasteiger partial charge in [-0.3, -0.25) is 0 Å². The summed E-state index contributed by atoms with van der Waals surface area (Å²) in [4.78, 5) is 10.6. The summed E-state index contributed by atoms with van der Waals surface area (Å²) >= 11 is 0. The van der Waals surface area contributed by atoms with Crippen LogP contribution in [0.25, 0.3) is 0 Å². The van der Waals surface area contributed by atoms with Crippen LogP contribution in [0.4, 0.5) is 0 Å². The number of rotatable bonds is 3. The van der Waals surface area contributed by atoms with Crippen molar-refractivity contribution < 1.29 is 14.6 Å². The number of benzene rings is 1. The van der Waals surface area contributed by atoms with Gasteiger partial charge >= 0.3 is 5.97 Å². The molecule has 0 heterocycles. The molecular formula is C12H14O3. The zero-order chi connectivity index (χ0) is 11.4. The van der Waals surface area contributed by atoms with Crippen molar-refractivity contribution in [1.29, 1.82) is 0 Å². The average molecular weight is 206 g/mol. The Morgan fingerprint density at radius 2 is 1.73 bits per heavy atom. The van der Waals surface area contributed by atoms with Crippen LogP contribution in [0.3, 0.4) is 0 Å². The molecular weight excluding hydrogens is 192 g/mol. The van der Waals surface area contributed by atoms with Crippen LogP contribution in [0.15, 0.2) is 35.6 Å². The van der Waals surface area contributed by atoms with Crippen LogP contribution in [-0.2, 0) is 4.79 Å². The van der Waals surface area contributed by atoms with E-state index in [1.165, 1.54) is 6.92 Å². The van der Waals surface area contributed by atoms with Gasteiger partial charge in [0.15, 0.2) is 0 Å². The molecule has 0 saturated heterocycles. The summed E-state index contributed by atoms with van der Waals surface area (Å²) in [7, 11) is 0. The van der Waals surface area contributed by atoms with Gasteiger partial charge in [0, 0.05) is 0 Å². The van der Waals surface area contributed by atoms with E-state index in [9.17, 15) is 4.79 Å². The first kappa shape index (κ1) is 11.3. The lowest BCUT2D eigenvalue weighted by Gasteiger charge is -2.07. The maximum Gasteiger partial charge on any atom is 0.334 e. The second-order valence-electron chi connectivity index (χ2n) is 3.40. The summed E-state index contributed by atoms with van der Waals surface area (Å²) in [6, 6.07) is 7.46. The molecule has 0 fully saturated rings. The molecule has 1 aromatic carbocycles. The highest BCUT2D eigenvalue weighted by atomic mass is 16.5. The first-order valence-electron chi connectivity index (χ1n) is 4.66. The van der Waals surface area contributed by atoms with E-state index in [-0.39, 0.29) is 5.57 Å². The smallest absolute Gasteiger partial charge is 0.334 e. The number of hydrogen-bond donors (Lipinski definition) is 1. The minimum atomic E-state index is -0.959. The number of carboxylic acid groups (broad SMARTS) is 1. The van der Waals surface area contributed by atoms with Crippen LogP contribution in [0.2, 0.25) is 0 Å². The minimum Gasteiger partial charge on any atom is -0.478 e. The van der Waals surface area contributed by atoms with Gasteiger partial charge in [0.2, 0.25) is 0 Å². The number of aliphatic carboxylic acids is 1. The van der Waals surface area contributed by atoms with Crippen molar-refractivity contribution >= 4 is 5.97 Å². The molecule has 3 heteroatoms. The van der Waals surface area contributed by atoms with Crippen LogP contribution in [0.5, 0.6) is 5.75 Å². The molecule has 0 spiro atoms. The third-order valence-corrected chi connectivity index (χ3v) is 2.14. The summed E-state index contributed by atoms with van der Waals surface area (Å²) in [6.45, 7) is 5.14. The fourth-order valence-electron chi connectivity index (χ4n) is 1.01. The molecule has 1 rings (SSSR count). The van der Waals surface area contributed by atoms with Gasteiger partial charge in [0.1, 0.15) is 11.5 Å². The van der Waals surface area contributed by atoms with E-state index >= 15 is 0 Å². The molecule has 0 aliphatic heterocycles. The second kappa shape index (κ2) is 4.64. The first-order chi connectivity index (χ1) is 7.00. The SMILES string of the molecule is C/C(Oc1ccc(C)cc1)=C(\C)C(=O)O. The highest BCUT2D eigenvalue weighted by Crippen LogP contribution is 2.16. The zero-order valence-electron chi connectivity index (χ0n) is 9.07. The molecule has 3 nitrogen and oxygen atoms in total. The number of carbonyl (C=O) groups is 1. The monoisotopic (exact) mass is 206 g/mol. The third kappa shape index (κ3) is 3.13. The topological polar surface area (TPSA) is 46.5 Å². The fraction of sp³-hybridized carbons (Fsp3) is 0.250. The van der Waals surface area contributed by atoms with E-state index in [4.69, 9.17) is 9.84 Å². The normalized spacial score (nSPS) is 11.9. The number of hydrogen-bond acceptors (Lipinski definition) is 2. The molecule has 80 valence electrons. The highest BCUT2D eigenvalue weighted by molar-refractivity contribution is 5.86. The van der Waals surface area contributed by atoms with Gasteiger partial charge in [0.05, 0.1) is 5.57 Å². The Kier molecular flexibility index (Phi) is 3.50. The summed E-state index contributed by atoms with van der Waals surface area (Å²) in [5.74, 6) is 0.102. The molecule has 0 radical (unpaired) electrons. The van der Waals surface area contributed by atoms with Gasteiger partial charge < -0.3 is 9.84 Å². The first-order valence-corrected chi connectivity index (χ1v) is 4.66. The quantitative estimate of drug-likeness (QED) is 0.611. The van der Waals surface area contributed by atoms with E-state index in [1.54, 1.807) is 6.92 Å². The molecule has 15 heavy (non-hydrogen) atoms. The summed E-state index contributed by atoms with van der Waals surface area (Å²) in [6.07, 6.45) is 0. The predicted octanol–water partition coefficient (Wildman–Crippen LogP) is 2.75. The Morgan fingerprint density at radius 1 is 1.20 bits per heavy atom. The molecule has 1 aromatic rings. The lowest BCUT2D eigenvalue weighted by molar-refractivity contribution is -0.132. The van der Waals surface area contributed by atoms with Gasteiger partial charge in [-0.05, 0) is 32.9 Å². The van der Waals surface area contributed by atoms with Crippen LogP contribution in [0.1, 0.15) is 19.4 Å². The van der Waals surface area contributed by atoms with E-state index in [2.05, 4.69) is 0 Å². The fourth-order valence-corrected chi connectivity index (χ4v) is 1.01. The summed E-state index contributed by atoms with van der Waals surface area (Å²) < 4.78 is 5.39. The van der Waals surface area contributed by atoms with Crippen molar-refractivity contribution in [3.63, 3.8) is 0 Å². The molecule has 0 aliphatic carbocycles. The summed E-state index contributed by atoms with van der Waals surface area (Å²) in [5, 5.41) is 8.74. The number of carboxylic acids is 1. The Balaban J connectivity index is 2.83. The van der Waals surface area contributed by atoms with Gasteiger partial charge in [-0.15, -0.1) is 0 Å². The average Bonchev–Trinajstić information content (AvgIpc) is 2.20. The van der Waals surface area contributed by atoms with Crippen molar-refractivity contribution in [3.8, 4) is 5.75 Å². The Hall–Kier alpha value is -1.77. The molecule has 0 saturated carbocycles. The number of allylic oxidation sites excluding steroid dienone is 1. The van der Waals surface area contributed by atoms with Gasteiger partial charge in [-0.25, -0.2) is 4.79 Å². The van der Waals surface area contributed by atoms with Crippen molar-refractivity contribution in [3.05, 3.63) is 41.2 Å². The third-order valence-electron chi connectivity index (χ3n) is 2.14. The minimum absolute atomic E-state index is 0.218. The zero-order valence-corrected chi connectivity index (χ0v) is 9.07. The molecule has 0 amide bonds. The van der Waals surface area contributed by atoms with Crippen LogP contribution >= 0.6 is 0 Å². The molecule has 0 atom stereocenters. The summed E-state index contributed by atoms with van der Waals surface area (Å²) in [5.41, 5.74) is 1.36. The van der Waals surface area contributed by atoms with Gasteiger partial charge in [0.25, 0.3) is 0 Å². The van der Waals surface area contributed by atoms with E-state index in [1.807, 2.05) is 31.2 Å². The molecule has 0 bridgehead atoms. The Morgan fingerprint density at radius 3 is 2.20 bits per heavy atom. The molecule has 0 unspecified atom stereocenters. The molecule has 0 aliphatic rings. The van der Waals surface area contributed by atoms with Crippen molar-refractivity contribution in [2.45, 2.75) is 20.8 Å². The van der Waals surface area contributed by atoms with E-state index in [0.717, 1.165) is 5.56 Å². The maximum absolute atomic E-state index is 10.6. The van der Waals surface area contributed by atoms with Crippen LogP contribution in [-0.4, -0.2) is 11.1 Å². The number of ether oxygens (including phenoxy) is 1. The molecule has 0 aromatic heterocycles. The largest absolute Gasteiger partial charge is 0.478 e. The van der Waals surface area contributed by atoms with Crippen LogP contribution in [0, 0.1) is 6.92 Å².